The first-order valence-electron chi connectivity index (χ1n) is 6.93. The van der Waals surface area contributed by atoms with Crippen LogP contribution in [0.4, 0.5) is 9.18 Å². The Hall–Kier alpha value is -0.840. The topological polar surface area (TPSA) is 55.6 Å². The molecule has 19 heavy (non-hydrogen) atoms. The van der Waals surface area contributed by atoms with Gasteiger partial charge < -0.3 is 10.5 Å². The number of nitrogens with two attached hydrogens (primary N) is 1. The van der Waals surface area contributed by atoms with Crippen molar-refractivity contribution >= 4 is 6.09 Å². The molecule has 0 saturated carbocycles. The van der Waals surface area contributed by atoms with Crippen LogP contribution in [0, 0.1) is 0 Å². The molecule has 2 heterocycles. The lowest BCUT2D eigenvalue weighted by Crippen LogP contribution is -2.68. The molecule has 0 radical (unpaired) electrons. The van der Waals surface area contributed by atoms with E-state index in [1.807, 2.05) is 27.7 Å². The molecule has 2 aliphatic rings. The van der Waals surface area contributed by atoms with Crippen molar-refractivity contribution in [3.05, 3.63) is 0 Å². The van der Waals surface area contributed by atoms with Crippen molar-refractivity contribution in [2.45, 2.75) is 82.8 Å². The number of hydrogen-bond acceptors (Lipinski definition) is 3. The van der Waals surface area contributed by atoms with Crippen LogP contribution in [0.2, 0.25) is 0 Å². The number of halogens is 1. The van der Waals surface area contributed by atoms with Crippen LogP contribution in [-0.2, 0) is 4.74 Å². The highest BCUT2D eigenvalue weighted by Gasteiger charge is 2.62. The molecule has 0 aromatic rings. The molecule has 2 rings (SSSR count). The summed E-state index contributed by atoms with van der Waals surface area (Å²) in [6.07, 6.45) is 0.275. The number of ether oxygens (including phenoxy) is 1. The maximum atomic E-state index is 14.5. The van der Waals surface area contributed by atoms with Crippen molar-refractivity contribution in [3.63, 3.8) is 0 Å². The lowest BCUT2D eigenvalue weighted by atomic mass is 9.81. The molecule has 4 nitrogen and oxygen atoms in total. The van der Waals surface area contributed by atoms with Crippen molar-refractivity contribution in [2.24, 2.45) is 5.73 Å². The van der Waals surface area contributed by atoms with E-state index in [1.54, 1.807) is 11.8 Å². The summed E-state index contributed by atoms with van der Waals surface area (Å²) < 4.78 is 19.9. The summed E-state index contributed by atoms with van der Waals surface area (Å²) >= 11 is 0. The van der Waals surface area contributed by atoms with E-state index in [0.717, 1.165) is 6.42 Å². The SMILES string of the molecule is CC(C)(C)OC(=O)N1[C@]2(C)CC[C@@]1(C)[C@H](F)[C@H](N)C2. The average molecular weight is 272 g/mol. The number of hydrogen-bond donors (Lipinski definition) is 1. The summed E-state index contributed by atoms with van der Waals surface area (Å²) in [6, 6.07) is -0.504. The first kappa shape index (κ1) is 14.6. The fourth-order valence-corrected chi connectivity index (χ4v) is 3.63. The van der Waals surface area contributed by atoms with Crippen LogP contribution in [0.5, 0.6) is 0 Å². The predicted octanol–water partition coefficient (Wildman–Crippen LogP) is 2.60. The van der Waals surface area contributed by atoms with Gasteiger partial charge in [0.15, 0.2) is 0 Å². The normalized spacial score (nSPS) is 42.4. The largest absolute Gasteiger partial charge is 0.444 e. The van der Waals surface area contributed by atoms with Gasteiger partial charge in [0.25, 0.3) is 0 Å². The second kappa shape index (κ2) is 4.08. The van der Waals surface area contributed by atoms with Crippen LogP contribution < -0.4 is 5.73 Å². The van der Waals surface area contributed by atoms with Gasteiger partial charge in [0.1, 0.15) is 11.8 Å². The molecular formula is C14H25FN2O2. The number of fused-ring (bicyclic) bond motifs is 2. The van der Waals surface area contributed by atoms with E-state index in [-0.39, 0.29) is 5.54 Å². The maximum absolute atomic E-state index is 14.5. The van der Waals surface area contributed by atoms with E-state index < -0.39 is 29.4 Å². The second-order valence-electron chi connectivity index (χ2n) is 7.44. The lowest BCUT2D eigenvalue weighted by molar-refractivity contribution is -0.0655. The third kappa shape index (κ3) is 2.22. The molecule has 2 bridgehead atoms. The number of carbonyl (C=O) groups excluding carboxylic acids is 1. The molecule has 5 heteroatoms. The molecule has 2 N–H and O–H groups in total. The number of piperidine rings is 1. The van der Waals surface area contributed by atoms with Crippen LogP contribution in [0.1, 0.15) is 53.9 Å². The number of nitrogens with zero attached hydrogens (tertiary/aromatic N) is 1. The van der Waals surface area contributed by atoms with Gasteiger partial charge in [-0.25, -0.2) is 9.18 Å². The quantitative estimate of drug-likeness (QED) is 0.737. The number of rotatable bonds is 0. The van der Waals surface area contributed by atoms with E-state index in [0.29, 0.717) is 12.8 Å². The summed E-state index contributed by atoms with van der Waals surface area (Å²) in [5.41, 5.74) is 4.10. The van der Waals surface area contributed by atoms with Crippen LogP contribution in [0.3, 0.4) is 0 Å². The molecule has 2 fully saturated rings. The van der Waals surface area contributed by atoms with Gasteiger partial charge in [-0.3, -0.25) is 4.90 Å². The van der Waals surface area contributed by atoms with Gasteiger partial charge in [-0.1, -0.05) is 0 Å². The predicted molar refractivity (Wildman–Crippen MR) is 71.6 cm³/mol. The number of carbonyl (C=O) groups is 1. The maximum Gasteiger partial charge on any atom is 0.411 e. The molecule has 110 valence electrons. The number of amides is 1. The van der Waals surface area contributed by atoms with E-state index >= 15 is 0 Å². The Morgan fingerprint density at radius 1 is 1.37 bits per heavy atom. The van der Waals surface area contributed by atoms with Crippen LogP contribution in [0.15, 0.2) is 0 Å². The molecular weight excluding hydrogens is 247 g/mol. The van der Waals surface area contributed by atoms with Crippen molar-refractivity contribution in [2.75, 3.05) is 0 Å². The Morgan fingerprint density at radius 3 is 2.47 bits per heavy atom. The van der Waals surface area contributed by atoms with Gasteiger partial charge in [-0.2, -0.15) is 0 Å². The smallest absolute Gasteiger partial charge is 0.411 e. The Balaban J connectivity index is 2.32. The zero-order valence-corrected chi connectivity index (χ0v) is 12.5. The van der Waals surface area contributed by atoms with Gasteiger partial charge in [-0.05, 0) is 53.9 Å². The molecule has 2 saturated heterocycles. The van der Waals surface area contributed by atoms with Crippen molar-refractivity contribution < 1.29 is 13.9 Å². The van der Waals surface area contributed by atoms with Gasteiger partial charge in [0, 0.05) is 11.6 Å². The Morgan fingerprint density at radius 2 is 1.95 bits per heavy atom. The standard InChI is InChI=1S/C14H25FN2O2/c1-12(2,3)19-11(18)17-13(4)6-7-14(17,5)10(15)9(16)8-13/h9-10H,6-8,16H2,1-5H3/t9-,10-,13-,14+/m1/s1. The van der Waals surface area contributed by atoms with Crippen LogP contribution >= 0.6 is 0 Å². The first-order chi connectivity index (χ1) is 8.50. The molecule has 4 atom stereocenters. The first-order valence-corrected chi connectivity index (χ1v) is 6.93. The summed E-state index contributed by atoms with van der Waals surface area (Å²) in [7, 11) is 0. The lowest BCUT2D eigenvalue weighted by Gasteiger charge is -2.51. The molecule has 0 unspecified atom stereocenters. The van der Waals surface area contributed by atoms with Gasteiger partial charge in [0.2, 0.25) is 0 Å². The third-order valence-electron chi connectivity index (χ3n) is 4.44. The molecule has 0 aromatic heterocycles. The summed E-state index contributed by atoms with van der Waals surface area (Å²) in [5, 5.41) is 0. The molecule has 2 aliphatic heterocycles. The van der Waals surface area contributed by atoms with E-state index in [2.05, 4.69) is 0 Å². The van der Waals surface area contributed by atoms with Crippen molar-refractivity contribution in [3.8, 4) is 0 Å². The minimum atomic E-state index is -1.20. The minimum absolute atomic E-state index is 0.390. The van der Waals surface area contributed by atoms with E-state index in [4.69, 9.17) is 10.5 Å². The van der Waals surface area contributed by atoms with Gasteiger partial charge in [0.05, 0.1) is 5.54 Å². The molecule has 1 amide bonds. The Bertz CT molecular complexity index is 395. The summed E-state index contributed by atoms with van der Waals surface area (Å²) in [6.45, 7) is 9.22. The fraction of sp³-hybridized carbons (Fsp3) is 0.929. The summed E-state index contributed by atoms with van der Waals surface area (Å²) in [5.74, 6) is 0. The van der Waals surface area contributed by atoms with Crippen LogP contribution in [0.25, 0.3) is 0 Å². The zero-order chi connectivity index (χ0) is 14.6. The monoisotopic (exact) mass is 272 g/mol. The Kier molecular flexibility index (Phi) is 3.12. The zero-order valence-electron chi connectivity index (χ0n) is 12.5. The van der Waals surface area contributed by atoms with Crippen molar-refractivity contribution in [1.29, 1.82) is 0 Å². The molecule has 0 aromatic carbocycles. The number of alkyl halides is 1. The fourth-order valence-electron chi connectivity index (χ4n) is 3.63. The molecule has 0 aliphatic carbocycles. The van der Waals surface area contributed by atoms with Gasteiger partial charge in [-0.15, -0.1) is 0 Å². The Labute approximate surface area is 114 Å². The van der Waals surface area contributed by atoms with Gasteiger partial charge >= 0.3 is 6.09 Å². The van der Waals surface area contributed by atoms with E-state index in [1.165, 1.54) is 0 Å². The van der Waals surface area contributed by atoms with E-state index in [9.17, 15) is 9.18 Å². The van der Waals surface area contributed by atoms with Crippen LogP contribution in [-0.4, -0.2) is 39.9 Å². The minimum Gasteiger partial charge on any atom is -0.444 e. The highest BCUT2D eigenvalue weighted by Crippen LogP contribution is 2.51. The highest BCUT2D eigenvalue weighted by molar-refractivity contribution is 5.71. The average Bonchev–Trinajstić information content (AvgIpc) is 2.43. The third-order valence-corrected chi connectivity index (χ3v) is 4.44. The van der Waals surface area contributed by atoms with Crippen molar-refractivity contribution in [1.82, 2.24) is 4.90 Å². The summed E-state index contributed by atoms with van der Waals surface area (Å²) in [4.78, 5) is 14.0. The molecule has 0 spiro atoms. The second-order valence-corrected chi connectivity index (χ2v) is 7.44. The highest BCUT2D eigenvalue weighted by atomic mass is 19.1.